The Morgan fingerprint density at radius 1 is 1.04 bits per heavy atom. The van der Waals surface area contributed by atoms with Crippen molar-refractivity contribution in [3.05, 3.63) is 71.3 Å². The summed E-state index contributed by atoms with van der Waals surface area (Å²) in [6.45, 7) is 0.245. The largest absolute Gasteiger partial charge is 0.295 e. The van der Waals surface area contributed by atoms with Gasteiger partial charge < -0.3 is 0 Å². The molecule has 0 aliphatic carbocycles. The molecule has 0 saturated carbocycles. The lowest BCUT2D eigenvalue weighted by atomic mass is 10.1. The van der Waals surface area contributed by atoms with E-state index in [2.05, 4.69) is 4.99 Å². The van der Waals surface area contributed by atoms with E-state index in [-0.39, 0.29) is 36.7 Å². The molecule has 1 aliphatic heterocycles. The van der Waals surface area contributed by atoms with Gasteiger partial charge in [-0.15, -0.1) is 0 Å². The highest BCUT2D eigenvalue weighted by Crippen LogP contribution is 2.17. The van der Waals surface area contributed by atoms with Crippen molar-refractivity contribution in [2.45, 2.75) is 19.4 Å². The van der Waals surface area contributed by atoms with Crippen molar-refractivity contribution in [2.75, 3.05) is 0 Å². The Labute approximate surface area is 137 Å². The molecule has 3 rings (SSSR count). The Balaban J connectivity index is 1.89. The molecule has 6 heteroatoms. The molecule has 0 spiro atoms. The third kappa shape index (κ3) is 3.53. The highest BCUT2D eigenvalue weighted by molar-refractivity contribution is 6.14. The van der Waals surface area contributed by atoms with E-state index in [9.17, 15) is 18.4 Å². The number of halogens is 2. The van der Waals surface area contributed by atoms with Crippen LogP contribution in [0.3, 0.4) is 0 Å². The van der Waals surface area contributed by atoms with Crippen LogP contribution in [-0.4, -0.2) is 22.5 Å². The summed E-state index contributed by atoms with van der Waals surface area (Å²) in [7, 11) is 0. The van der Waals surface area contributed by atoms with Crippen molar-refractivity contribution < 1.29 is 18.4 Å². The number of nitrogens with zero attached hydrogens (tertiary/aromatic N) is 2. The second-order valence-corrected chi connectivity index (χ2v) is 5.48. The third-order valence-electron chi connectivity index (χ3n) is 3.72. The van der Waals surface area contributed by atoms with E-state index in [1.165, 1.54) is 11.0 Å². The molecular formula is C18H14F2N2O2. The zero-order valence-electron chi connectivity index (χ0n) is 12.7. The lowest BCUT2D eigenvalue weighted by Crippen LogP contribution is -2.42. The van der Waals surface area contributed by atoms with Crippen molar-refractivity contribution in [1.29, 1.82) is 0 Å². The van der Waals surface area contributed by atoms with Gasteiger partial charge in [-0.2, -0.15) is 4.99 Å². The molecule has 2 aromatic rings. The SMILES string of the molecule is O=C1CC(=O)N(Cc2ccccc2)C(Cc2ccc(F)cc2F)=N1. The third-order valence-corrected chi connectivity index (χ3v) is 3.72. The van der Waals surface area contributed by atoms with E-state index in [0.717, 1.165) is 17.7 Å². The number of aliphatic imine (C=N–C) groups is 1. The number of carbonyl (C=O) groups is 2. The fraction of sp³-hybridized carbons (Fsp3) is 0.167. The van der Waals surface area contributed by atoms with Crippen molar-refractivity contribution >= 4 is 17.6 Å². The molecule has 122 valence electrons. The molecule has 0 bridgehead atoms. The Bertz CT molecular complexity index is 819. The molecule has 2 aromatic carbocycles. The predicted molar refractivity (Wildman–Crippen MR) is 84.1 cm³/mol. The number of carbonyl (C=O) groups excluding carboxylic acids is 2. The van der Waals surface area contributed by atoms with Gasteiger partial charge in [-0.3, -0.25) is 14.5 Å². The summed E-state index contributed by atoms with van der Waals surface area (Å²) in [5, 5.41) is 0. The highest BCUT2D eigenvalue weighted by atomic mass is 19.1. The summed E-state index contributed by atoms with van der Waals surface area (Å²) in [6, 6.07) is 12.4. The number of amidine groups is 1. The summed E-state index contributed by atoms with van der Waals surface area (Å²) < 4.78 is 26.9. The molecule has 24 heavy (non-hydrogen) atoms. The molecule has 0 radical (unpaired) electrons. The number of benzene rings is 2. The van der Waals surface area contributed by atoms with Crippen LogP contribution in [0.2, 0.25) is 0 Å². The van der Waals surface area contributed by atoms with Gasteiger partial charge >= 0.3 is 0 Å². The van der Waals surface area contributed by atoms with Crippen LogP contribution in [0.5, 0.6) is 0 Å². The molecule has 2 amide bonds. The lowest BCUT2D eigenvalue weighted by molar-refractivity contribution is -0.133. The zero-order valence-corrected chi connectivity index (χ0v) is 12.7. The second kappa shape index (κ2) is 6.70. The second-order valence-electron chi connectivity index (χ2n) is 5.48. The maximum absolute atomic E-state index is 13.9. The molecule has 0 atom stereocenters. The van der Waals surface area contributed by atoms with E-state index >= 15 is 0 Å². The molecule has 0 unspecified atom stereocenters. The molecule has 1 aliphatic rings. The molecule has 0 saturated heterocycles. The van der Waals surface area contributed by atoms with Crippen LogP contribution < -0.4 is 0 Å². The molecule has 0 N–H and O–H groups in total. The van der Waals surface area contributed by atoms with E-state index in [4.69, 9.17) is 0 Å². The molecule has 1 heterocycles. The molecule has 0 fully saturated rings. The van der Waals surface area contributed by atoms with Crippen molar-refractivity contribution in [3.63, 3.8) is 0 Å². The summed E-state index contributed by atoms with van der Waals surface area (Å²) >= 11 is 0. The monoisotopic (exact) mass is 328 g/mol. The number of amides is 2. The average Bonchev–Trinajstić information content (AvgIpc) is 2.54. The number of hydrogen-bond acceptors (Lipinski definition) is 2. The first-order chi connectivity index (χ1) is 11.5. The number of hydrogen-bond donors (Lipinski definition) is 0. The van der Waals surface area contributed by atoms with Gasteiger partial charge in [-0.1, -0.05) is 36.4 Å². The summed E-state index contributed by atoms with van der Waals surface area (Å²) in [4.78, 5) is 29.1. The Kier molecular flexibility index (Phi) is 4.46. The molecule has 4 nitrogen and oxygen atoms in total. The maximum atomic E-state index is 13.9. The van der Waals surface area contributed by atoms with Gasteiger partial charge in [0, 0.05) is 12.5 Å². The van der Waals surface area contributed by atoms with Gasteiger partial charge in [0.2, 0.25) is 5.91 Å². The van der Waals surface area contributed by atoms with Gasteiger partial charge in [0.1, 0.15) is 23.9 Å². The normalized spacial score (nSPS) is 14.8. The standard InChI is InChI=1S/C18H14F2N2O2/c19-14-7-6-13(15(20)9-14)8-16-21-17(23)10-18(24)22(16)11-12-4-2-1-3-5-12/h1-7,9H,8,10-11H2. The van der Waals surface area contributed by atoms with E-state index < -0.39 is 17.5 Å². The summed E-state index contributed by atoms with van der Waals surface area (Å²) in [6.07, 6.45) is -0.362. The van der Waals surface area contributed by atoms with Crippen LogP contribution >= 0.6 is 0 Å². The number of rotatable bonds is 4. The highest BCUT2D eigenvalue weighted by Gasteiger charge is 2.28. The van der Waals surface area contributed by atoms with Crippen LogP contribution in [0.15, 0.2) is 53.5 Å². The Morgan fingerprint density at radius 3 is 2.50 bits per heavy atom. The minimum atomic E-state index is -0.733. The fourth-order valence-corrected chi connectivity index (χ4v) is 2.53. The Morgan fingerprint density at radius 2 is 1.79 bits per heavy atom. The fourth-order valence-electron chi connectivity index (χ4n) is 2.53. The first-order valence-corrected chi connectivity index (χ1v) is 7.41. The van der Waals surface area contributed by atoms with Crippen LogP contribution in [-0.2, 0) is 22.6 Å². The maximum Gasteiger partial charge on any atom is 0.256 e. The van der Waals surface area contributed by atoms with Crippen LogP contribution in [0.1, 0.15) is 17.5 Å². The molecular weight excluding hydrogens is 314 g/mol. The first-order valence-electron chi connectivity index (χ1n) is 7.41. The van der Waals surface area contributed by atoms with Crippen molar-refractivity contribution in [3.8, 4) is 0 Å². The van der Waals surface area contributed by atoms with E-state index in [0.29, 0.717) is 0 Å². The van der Waals surface area contributed by atoms with Gasteiger partial charge in [0.25, 0.3) is 5.91 Å². The predicted octanol–water partition coefficient (Wildman–Crippen LogP) is 2.86. The van der Waals surface area contributed by atoms with Crippen molar-refractivity contribution in [1.82, 2.24) is 4.90 Å². The first kappa shape index (κ1) is 16.0. The summed E-state index contributed by atoms with van der Waals surface area (Å²) in [5.41, 5.74) is 1.04. The van der Waals surface area contributed by atoms with Crippen LogP contribution in [0.25, 0.3) is 0 Å². The van der Waals surface area contributed by atoms with Gasteiger partial charge in [-0.25, -0.2) is 8.78 Å². The van der Waals surface area contributed by atoms with Gasteiger partial charge in [-0.05, 0) is 17.2 Å². The minimum Gasteiger partial charge on any atom is -0.295 e. The topological polar surface area (TPSA) is 49.7 Å². The summed E-state index contributed by atoms with van der Waals surface area (Å²) in [5.74, 6) is -2.18. The van der Waals surface area contributed by atoms with Crippen LogP contribution in [0.4, 0.5) is 8.78 Å². The van der Waals surface area contributed by atoms with E-state index in [1.807, 2.05) is 30.3 Å². The Hall–Kier alpha value is -2.89. The van der Waals surface area contributed by atoms with Gasteiger partial charge in [0.05, 0.1) is 6.54 Å². The van der Waals surface area contributed by atoms with Crippen molar-refractivity contribution in [2.24, 2.45) is 4.99 Å². The lowest BCUT2D eigenvalue weighted by Gasteiger charge is -2.27. The minimum absolute atomic E-state index is 0.0591. The average molecular weight is 328 g/mol. The smallest absolute Gasteiger partial charge is 0.256 e. The quantitative estimate of drug-likeness (QED) is 0.810. The van der Waals surface area contributed by atoms with Gasteiger partial charge in [0.15, 0.2) is 0 Å². The zero-order chi connectivity index (χ0) is 17.1. The molecule has 0 aromatic heterocycles. The van der Waals surface area contributed by atoms with E-state index in [1.54, 1.807) is 0 Å². The van der Waals surface area contributed by atoms with Crippen LogP contribution in [0, 0.1) is 11.6 Å².